The molecule has 0 aromatic heterocycles. The molecule has 0 bridgehead atoms. The first-order chi connectivity index (χ1) is 11.5. The van der Waals surface area contributed by atoms with E-state index in [-0.39, 0.29) is 11.6 Å². The molecule has 0 amide bonds. The zero-order chi connectivity index (χ0) is 17.4. The molecule has 1 aromatic rings. The summed E-state index contributed by atoms with van der Waals surface area (Å²) >= 11 is 0. The number of nitrogens with two attached hydrogens (primary N) is 1. The maximum Gasteiger partial charge on any atom is 0.188 e. The van der Waals surface area contributed by atoms with Crippen LogP contribution in [0.25, 0.3) is 0 Å². The van der Waals surface area contributed by atoms with Crippen LogP contribution in [-0.4, -0.2) is 37.3 Å². The van der Waals surface area contributed by atoms with Crippen molar-refractivity contribution in [2.75, 3.05) is 19.8 Å². The molecule has 2 rings (SSSR count). The van der Waals surface area contributed by atoms with Gasteiger partial charge in [0.05, 0.1) is 6.54 Å². The Bertz CT molecular complexity index is 511. The van der Waals surface area contributed by atoms with Crippen molar-refractivity contribution >= 4 is 5.96 Å². The monoisotopic (exact) mass is 332 g/mol. The van der Waals surface area contributed by atoms with Gasteiger partial charge in [-0.3, -0.25) is 4.99 Å². The summed E-state index contributed by atoms with van der Waals surface area (Å²) in [5, 5.41) is 7.04. The third kappa shape index (κ3) is 5.49. The molecule has 0 spiro atoms. The van der Waals surface area contributed by atoms with E-state index < -0.39 is 0 Å². The number of aliphatic imine (C=N–C) groups is 1. The Morgan fingerprint density at radius 1 is 1.25 bits per heavy atom. The number of nitrogens with one attached hydrogen (secondary N) is 2. The van der Waals surface area contributed by atoms with Gasteiger partial charge in [-0.05, 0) is 38.7 Å². The van der Waals surface area contributed by atoms with E-state index in [4.69, 9.17) is 10.5 Å². The van der Waals surface area contributed by atoms with E-state index in [9.17, 15) is 0 Å². The van der Waals surface area contributed by atoms with Crippen molar-refractivity contribution in [1.29, 1.82) is 0 Å². The Morgan fingerprint density at radius 3 is 2.54 bits per heavy atom. The van der Waals surface area contributed by atoms with Crippen molar-refractivity contribution in [3.63, 3.8) is 0 Å². The van der Waals surface area contributed by atoms with E-state index in [1.54, 1.807) is 0 Å². The third-order valence-corrected chi connectivity index (χ3v) is 4.83. The second-order valence-electron chi connectivity index (χ2n) is 6.82. The lowest BCUT2D eigenvalue weighted by molar-refractivity contribution is 0.0374. The maximum absolute atomic E-state index is 6.05. The molecule has 0 saturated carbocycles. The number of hydrogen-bond donors (Lipinski definition) is 3. The largest absolute Gasteiger partial charge is 0.381 e. The van der Waals surface area contributed by atoms with Crippen LogP contribution in [0.5, 0.6) is 0 Å². The molecule has 1 saturated heterocycles. The van der Waals surface area contributed by atoms with Gasteiger partial charge in [0.1, 0.15) is 0 Å². The molecule has 134 valence electrons. The van der Waals surface area contributed by atoms with E-state index in [0.29, 0.717) is 18.5 Å². The molecule has 1 fully saturated rings. The SMILES string of the molecule is CCC(C)NC(N)=NCC1(NC(C)c2ccccc2)CCOCC1. The van der Waals surface area contributed by atoms with Crippen molar-refractivity contribution in [3.05, 3.63) is 35.9 Å². The molecular weight excluding hydrogens is 300 g/mol. The predicted octanol–water partition coefficient (Wildman–Crippen LogP) is 2.59. The number of ether oxygens (including phenoxy) is 1. The van der Waals surface area contributed by atoms with Crippen LogP contribution in [0.1, 0.15) is 51.6 Å². The van der Waals surface area contributed by atoms with Gasteiger partial charge >= 0.3 is 0 Å². The molecule has 2 unspecified atom stereocenters. The average Bonchev–Trinajstić information content (AvgIpc) is 2.61. The first-order valence-corrected chi connectivity index (χ1v) is 9.01. The van der Waals surface area contributed by atoms with Crippen molar-refractivity contribution in [2.24, 2.45) is 10.7 Å². The number of rotatable bonds is 7. The molecule has 5 nitrogen and oxygen atoms in total. The lowest BCUT2D eigenvalue weighted by Crippen LogP contribution is -2.53. The van der Waals surface area contributed by atoms with Gasteiger partial charge in [-0.1, -0.05) is 37.3 Å². The van der Waals surface area contributed by atoms with E-state index in [1.165, 1.54) is 5.56 Å². The topological polar surface area (TPSA) is 71.7 Å². The van der Waals surface area contributed by atoms with Crippen LogP contribution in [0.2, 0.25) is 0 Å². The number of nitrogens with zero attached hydrogens (tertiary/aromatic N) is 1. The Kier molecular flexibility index (Phi) is 7.06. The molecule has 1 aliphatic rings. The van der Waals surface area contributed by atoms with Gasteiger partial charge in [-0.2, -0.15) is 0 Å². The van der Waals surface area contributed by atoms with Crippen molar-refractivity contribution in [1.82, 2.24) is 10.6 Å². The van der Waals surface area contributed by atoms with Gasteiger partial charge in [-0.25, -0.2) is 0 Å². The number of guanidine groups is 1. The molecule has 5 heteroatoms. The highest BCUT2D eigenvalue weighted by atomic mass is 16.5. The van der Waals surface area contributed by atoms with Crippen LogP contribution in [0.3, 0.4) is 0 Å². The van der Waals surface area contributed by atoms with Crippen LogP contribution < -0.4 is 16.4 Å². The predicted molar refractivity (Wildman–Crippen MR) is 100 cm³/mol. The molecule has 1 heterocycles. The van der Waals surface area contributed by atoms with Crippen LogP contribution in [0, 0.1) is 0 Å². The Morgan fingerprint density at radius 2 is 1.92 bits per heavy atom. The minimum Gasteiger partial charge on any atom is -0.381 e. The van der Waals surface area contributed by atoms with Crippen LogP contribution in [-0.2, 0) is 4.74 Å². The highest BCUT2D eigenvalue weighted by Crippen LogP contribution is 2.25. The quantitative estimate of drug-likeness (QED) is 0.530. The van der Waals surface area contributed by atoms with Crippen molar-refractivity contribution in [3.8, 4) is 0 Å². The summed E-state index contributed by atoms with van der Waals surface area (Å²) in [6.45, 7) is 8.65. The summed E-state index contributed by atoms with van der Waals surface area (Å²) in [6.07, 6.45) is 2.92. The molecule has 0 aliphatic carbocycles. The van der Waals surface area contributed by atoms with Gasteiger partial charge in [0, 0.05) is 30.8 Å². The summed E-state index contributed by atoms with van der Waals surface area (Å²) < 4.78 is 5.57. The van der Waals surface area contributed by atoms with Crippen LogP contribution >= 0.6 is 0 Å². The van der Waals surface area contributed by atoms with Crippen LogP contribution in [0.15, 0.2) is 35.3 Å². The normalized spacial score (nSPS) is 20.4. The van der Waals surface area contributed by atoms with E-state index in [2.05, 4.69) is 60.7 Å². The summed E-state index contributed by atoms with van der Waals surface area (Å²) in [4.78, 5) is 4.62. The smallest absolute Gasteiger partial charge is 0.188 e. The van der Waals surface area contributed by atoms with Gasteiger partial charge < -0.3 is 21.1 Å². The molecule has 4 N–H and O–H groups in total. The summed E-state index contributed by atoms with van der Waals surface area (Å²) in [6, 6.07) is 11.1. The van der Waals surface area contributed by atoms with Gasteiger partial charge in [0.25, 0.3) is 0 Å². The second kappa shape index (κ2) is 9.04. The lowest BCUT2D eigenvalue weighted by Gasteiger charge is -2.39. The van der Waals surface area contributed by atoms with Crippen molar-refractivity contribution < 1.29 is 4.74 Å². The molecule has 2 atom stereocenters. The fourth-order valence-corrected chi connectivity index (χ4v) is 3.03. The summed E-state index contributed by atoms with van der Waals surface area (Å²) in [7, 11) is 0. The van der Waals surface area contributed by atoms with E-state index in [1.807, 2.05) is 6.07 Å². The molecule has 1 aliphatic heterocycles. The first-order valence-electron chi connectivity index (χ1n) is 9.01. The maximum atomic E-state index is 6.05. The first kappa shape index (κ1) is 18.7. The minimum absolute atomic E-state index is 0.0603. The third-order valence-electron chi connectivity index (χ3n) is 4.83. The molecule has 1 aromatic carbocycles. The highest BCUT2D eigenvalue weighted by Gasteiger charge is 2.33. The van der Waals surface area contributed by atoms with Crippen LogP contribution in [0.4, 0.5) is 0 Å². The Balaban J connectivity index is 2.04. The van der Waals surface area contributed by atoms with Crippen molar-refractivity contribution in [2.45, 2.75) is 57.7 Å². The van der Waals surface area contributed by atoms with Gasteiger partial charge in [0.15, 0.2) is 5.96 Å². The summed E-state index contributed by atoms with van der Waals surface area (Å²) in [5.41, 5.74) is 7.28. The lowest BCUT2D eigenvalue weighted by atomic mass is 9.88. The average molecular weight is 332 g/mol. The second-order valence-corrected chi connectivity index (χ2v) is 6.82. The zero-order valence-corrected chi connectivity index (χ0v) is 15.2. The van der Waals surface area contributed by atoms with E-state index in [0.717, 1.165) is 32.5 Å². The molecule has 0 radical (unpaired) electrons. The highest BCUT2D eigenvalue weighted by molar-refractivity contribution is 5.78. The number of hydrogen-bond acceptors (Lipinski definition) is 3. The fraction of sp³-hybridized carbons (Fsp3) is 0.632. The Labute approximate surface area is 146 Å². The number of benzene rings is 1. The van der Waals surface area contributed by atoms with E-state index >= 15 is 0 Å². The summed E-state index contributed by atoms with van der Waals surface area (Å²) in [5.74, 6) is 0.532. The minimum atomic E-state index is -0.0603. The Hall–Kier alpha value is -1.59. The zero-order valence-electron chi connectivity index (χ0n) is 15.2. The fourth-order valence-electron chi connectivity index (χ4n) is 3.03. The standard InChI is InChI=1S/C19H32N4O/c1-4-15(2)22-18(20)21-14-19(10-12-24-13-11-19)23-16(3)17-8-6-5-7-9-17/h5-9,15-16,23H,4,10-14H2,1-3H3,(H3,20,21,22). The molecule has 24 heavy (non-hydrogen) atoms. The van der Waals surface area contributed by atoms with Gasteiger partial charge in [0.2, 0.25) is 0 Å². The molecular formula is C19H32N4O. The van der Waals surface area contributed by atoms with Gasteiger partial charge in [-0.15, -0.1) is 0 Å².